The molecule has 5 nitrogen and oxygen atoms in total. The number of nitrogens with one attached hydrogen (secondary N) is 1. The molecule has 5 heteroatoms. The summed E-state index contributed by atoms with van der Waals surface area (Å²) in [6.45, 7) is 5.88. The number of ether oxygens (including phenoxy) is 1. The molecule has 1 heterocycles. The Bertz CT molecular complexity index is 469. The first-order valence-corrected chi connectivity index (χ1v) is 5.46. The maximum absolute atomic E-state index is 9.08. The Balaban J connectivity index is 2.46. The number of benzene rings is 1. The van der Waals surface area contributed by atoms with E-state index in [1.54, 1.807) is 13.0 Å². The van der Waals surface area contributed by atoms with E-state index in [1.165, 1.54) is 0 Å². The van der Waals surface area contributed by atoms with Gasteiger partial charge >= 0.3 is 0 Å². The quantitative estimate of drug-likeness (QED) is 0.468. The van der Waals surface area contributed by atoms with E-state index in [0.717, 1.165) is 24.2 Å². The third-order valence-electron chi connectivity index (χ3n) is 2.66. The molecule has 0 fully saturated rings. The van der Waals surface area contributed by atoms with Crippen LogP contribution in [0.15, 0.2) is 22.1 Å². The molecule has 0 saturated heterocycles. The topological polar surface area (TPSA) is 66.2 Å². The van der Waals surface area contributed by atoms with Gasteiger partial charge in [0.2, 0.25) is 0 Å². The molecule has 0 aromatic heterocycles. The van der Waals surface area contributed by atoms with Gasteiger partial charge in [0.25, 0.3) is 0 Å². The summed E-state index contributed by atoms with van der Waals surface area (Å²) in [7, 11) is 0. The summed E-state index contributed by atoms with van der Waals surface area (Å²) in [5, 5.41) is 9.08. The minimum absolute atomic E-state index is 0.508. The summed E-state index contributed by atoms with van der Waals surface area (Å²) >= 11 is 0. The van der Waals surface area contributed by atoms with Gasteiger partial charge in [0.15, 0.2) is 0 Å². The van der Waals surface area contributed by atoms with Crippen LogP contribution >= 0.6 is 0 Å². The molecular weight excluding hydrogens is 218 g/mol. The van der Waals surface area contributed by atoms with Crippen LogP contribution in [-0.2, 0) is 6.42 Å². The molecule has 0 atom stereocenters. The van der Waals surface area contributed by atoms with Crippen molar-refractivity contribution >= 4 is 23.9 Å². The Morgan fingerprint density at radius 3 is 3.06 bits per heavy atom. The van der Waals surface area contributed by atoms with Crippen LogP contribution in [0, 0.1) is 0 Å². The Morgan fingerprint density at radius 2 is 2.35 bits per heavy atom. The van der Waals surface area contributed by atoms with Crippen LogP contribution in [0.3, 0.4) is 0 Å². The summed E-state index contributed by atoms with van der Waals surface area (Å²) in [5.41, 5.74) is 4.38. The van der Waals surface area contributed by atoms with Crippen LogP contribution in [0.25, 0.3) is 0 Å². The molecule has 2 N–H and O–H groups in total. The van der Waals surface area contributed by atoms with Crippen LogP contribution < -0.4 is 10.2 Å². The van der Waals surface area contributed by atoms with E-state index >= 15 is 0 Å². The summed E-state index contributed by atoms with van der Waals surface area (Å²) in [4.78, 5) is 8.00. The lowest BCUT2D eigenvalue weighted by Crippen LogP contribution is -2.08. The number of fused-ring (bicyclic) bond motifs is 1. The Hall–Kier alpha value is -1.88. The average molecular weight is 233 g/mol. The smallest absolute Gasteiger partial charge is 0.125 e. The van der Waals surface area contributed by atoms with Crippen molar-refractivity contribution in [2.45, 2.75) is 19.8 Å². The highest BCUT2D eigenvalue weighted by molar-refractivity contribution is 5.88. The summed E-state index contributed by atoms with van der Waals surface area (Å²) < 4.78 is 5.52. The van der Waals surface area contributed by atoms with Crippen molar-refractivity contribution in [3.63, 3.8) is 0 Å². The van der Waals surface area contributed by atoms with Gasteiger partial charge in [0.05, 0.1) is 18.0 Å². The molecule has 0 spiro atoms. The maximum Gasteiger partial charge on any atom is 0.125 e. The van der Waals surface area contributed by atoms with E-state index < -0.39 is 0 Å². The molecule has 90 valence electrons. The monoisotopic (exact) mass is 233 g/mol. The lowest BCUT2D eigenvalue weighted by molar-refractivity contribution is 0.288. The summed E-state index contributed by atoms with van der Waals surface area (Å²) in [5.74, 6) is 1.36. The van der Waals surface area contributed by atoms with Crippen LogP contribution in [0.1, 0.15) is 18.9 Å². The number of amidine groups is 1. The van der Waals surface area contributed by atoms with E-state index in [4.69, 9.17) is 9.94 Å². The highest BCUT2D eigenvalue weighted by Crippen LogP contribution is 2.35. The molecule has 0 bridgehead atoms. The Morgan fingerprint density at radius 1 is 1.53 bits per heavy atom. The number of rotatable bonds is 2. The lowest BCUT2D eigenvalue weighted by atomic mass is 10.0. The van der Waals surface area contributed by atoms with E-state index in [2.05, 4.69) is 22.2 Å². The van der Waals surface area contributed by atoms with Gasteiger partial charge in [0.1, 0.15) is 11.6 Å². The van der Waals surface area contributed by atoms with Gasteiger partial charge in [-0.3, -0.25) is 10.7 Å². The number of anilines is 1. The number of nitrogens with zero attached hydrogens (tertiary/aromatic N) is 2. The van der Waals surface area contributed by atoms with Crippen molar-refractivity contribution in [2.24, 2.45) is 9.98 Å². The first-order chi connectivity index (χ1) is 8.24. The molecule has 1 aromatic carbocycles. The zero-order chi connectivity index (χ0) is 12.3. The molecule has 1 aliphatic rings. The largest absolute Gasteiger partial charge is 0.493 e. The number of aryl methyl sites for hydroxylation is 1. The van der Waals surface area contributed by atoms with Crippen LogP contribution in [-0.4, -0.2) is 24.4 Å². The van der Waals surface area contributed by atoms with Crippen molar-refractivity contribution in [1.29, 1.82) is 0 Å². The van der Waals surface area contributed by atoms with Gasteiger partial charge in [-0.2, -0.15) is 0 Å². The highest BCUT2D eigenvalue weighted by Gasteiger charge is 2.14. The average Bonchev–Trinajstić information content (AvgIpc) is 2.37. The summed E-state index contributed by atoms with van der Waals surface area (Å²) in [6, 6.07) is 3.66. The minimum Gasteiger partial charge on any atom is -0.493 e. The third kappa shape index (κ3) is 2.45. The molecule has 0 saturated carbocycles. The van der Waals surface area contributed by atoms with Crippen molar-refractivity contribution in [3.8, 4) is 5.75 Å². The molecule has 1 aliphatic heterocycles. The molecule has 0 aliphatic carbocycles. The second kappa shape index (κ2) is 4.97. The van der Waals surface area contributed by atoms with Gasteiger partial charge in [-0.25, -0.2) is 9.98 Å². The number of aliphatic imine (C=N–C) groups is 2. The fourth-order valence-electron chi connectivity index (χ4n) is 1.78. The molecule has 1 aromatic rings. The first-order valence-electron chi connectivity index (χ1n) is 5.46. The normalized spacial score (nSPS) is 14.8. The maximum atomic E-state index is 9.08. The molecule has 0 unspecified atom stereocenters. The molecular formula is C12H15N3O2. The van der Waals surface area contributed by atoms with Crippen LogP contribution in [0.4, 0.5) is 11.4 Å². The Labute approximate surface area is 99.8 Å². The van der Waals surface area contributed by atoms with Crippen molar-refractivity contribution in [1.82, 2.24) is 0 Å². The number of hydrogen-bond donors (Lipinski definition) is 2. The molecule has 17 heavy (non-hydrogen) atoms. The minimum atomic E-state index is 0.508. The second-order valence-corrected chi connectivity index (χ2v) is 3.86. The van der Waals surface area contributed by atoms with Gasteiger partial charge in [-0.15, -0.1) is 0 Å². The van der Waals surface area contributed by atoms with Crippen molar-refractivity contribution < 1.29 is 9.94 Å². The standard InChI is InChI=1S/C12H15N3O2/c1-8(13-2)14-10-6-9-4-3-5-17-12(9)7-11(10)15-16/h6-7,15-16H,2-5H2,1H3. The highest BCUT2D eigenvalue weighted by atomic mass is 16.5. The molecule has 2 rings (SSSR count). The van der Waals surface area contributed by atoms with Gasteiger partial charge < -0.3 is 4.74 Å². The third-order valence-corrected chi connectivity index (χ3v) is 2.66. The van der Waals surface area contributed by atoms with E-state index in [9.17, 15) is 0 Å². The predicted octanol–water partition coefficient (Wildman–Crippen LogP) is 2.56. The van der Waals surface area contributed by atoms with Crippen LogP contribution in [0.2, 0.25) is 0 Å². The molecule has 0 amide bonds. The summed E-state index contributed by atoms with van der Waals surface area (Å²) in [6.07, 6.45) is 1.96. The zero-order valence-corrected chi connectivity index (χ0v) is 9.73. The van der Waals surface area contributed by atoms with E-state index in [1.807, 2.05) is 6.07 Å². The predicted molar refractivity (Wildman–Crippen MR) is 68.0 cm³/mol. The van der Waals surface area contributed by atoms with Gasteiger partial charge in [-0.1, -0.05) is 0 Å². The number of hydrogen-bond acceptors (Lipinski definition) is 4. The SMILES string of the molecule is C=NC(C)=Nc1cc2c(cc1NO)OCCC2. The van der Waals surface area contributed by atoms with E-state index in [-0.39, 0.29) is 0 Å². The van der Waals surface area contributed by atoms with E-state index in [0.29, 0.717) is 23.8 Å². The first kappa shape index (κ1) is 11.6. The fraction of sp³-hybridized carbons (Fsp3) is 0.333. The van der Waals surface area contributed by atoms with Gasteiger partial charge in [-0.05, 0) is 38.1 Å². The van der Waals surface area contributed by atoms with Crippen molar-refractivity contribution in [3.05, 3.63) is 17.7 Å². The second-order valence-electron chi connectivity index (χ2n) is 3.86. The fourth-order valence-corrected chi connectivity index (χ4v) is 1.78. The molecule has 0 radical (unpaired) electrons. The Kier molecular flexibility index (Phi) is 3.39. The lowest BCUT2D eigenvalue weighted by Gasteiger charge is -2.19. The van der Waals surface area contributed by atoms with Crippen LogP contribution in [0.5, 0.6) is 5.75 Å². The van der Waals surface area contributed by atoms with Crippen molar-refractivity contribution in [2.75, 3.05) is 12.1 Å². The zero-order valence-electron chi connectivity index (χ0n) is 9.73. The van der Waals surface area contributed by atoms with Gasteiger partial charge in [0, 0.05) is 6.07 Å².